The van der Waals surface area contributed by atoms with Crippen LogP contribution in [0.4, 0.5) is 10.5 Å². The number of para-hydroxylation sites is 1. The summed E-state index contributed by atoms with van der Waals surface area (Å²) in [6.07, 6.45) is -9.14. The molecule has 0 aliphatic carbocycles. The number of nitrogens with one attached hydrogen (secondary N) is 2. The van der Waals surface area contributed by atoms with Gasteiger partial charge in [0.05, 0.1) is 58.3 Å². The summed E-state index contributed by atoms with van der Waals surface area (Å²) in [7, 11) is -0.586. The highest BCUT2D eigenvalue weighted by Gasteiger charge is 2.58. The van der Waals surface area contributed by atoms with E-state index in [4.69, 9.17) is 28.4 Å². The van der Waals surface area contributed by atoms with E-state index in [0.717, 1.165) is 6.42 Å². The predicted molar refractivity (Wildman–Crippen MR) is 257 cm³/mol. The van der Waals surface area contributed by atoms with Gasteiger partial charge in [-0.3, -0.25) is 9.69 Å². The highest BCUT2D eigenvalue weighted by Crippen LogP contribution is 2.43. The zero-order valence-electron chi connectivity index (χ0n) is 43.1. The molecule has 7 N–H and O–H groups in total. The van der Waals surface area contributed by atoms with Crippen molar-refractivity contribution in [3.8, 4) is 0 Å². The van der Waals surface area contributed by atoms with E-state index in [-0.39, 0.29) is 67.6 Å². The van der Waals surface area contributed by atoms with E-state index in [2.05, 4.69) is 10.6 Å². The molecule has 3 saturated heterocycles. The number of fused-ring (bicyclic) bond motifs is 1. The average Bonchev–Trinajstić information content (AvgIpc) is 3.29. The first-order chi connectivity index (χ1) is 32.1. The third-order valence-electron chi connectivity index (χ3n) is 15.5. The Morgan fingerprint density at radius 1 is 1.00 bits per heavy atom. The number of rotatable bonds is 11. The summed E-state index contributed by atoms with van der Waals surface area (Å²) in [5.41, 5.74) is -6.11. The number of esters is 1. The molecule has 69 heavy (non-hydrogen) atoms. The first kappa shape index (κ1) is 57.3. The molecule has 0 radical (unpaired) electrons. The van der Waals surface area contributed by atoms with Crippen LogP contribution in [-0.2, 0) is 43.1 Å². The molecule has 1 aromatic carbocycles. The number of anilines is 1. The number of hydrogen-bond donors (Lipinski definition) is 7. The smallest absolute Gasteiger partial charge is 0.324 e. The minimum atomic E-state index is -3.62. The molecular weight excluding hydrogens is 917 g/mol. The van der Waals surface area contributed by atoms with Crippen LogP contribution in [-0.4, -0.2) is 187 Å². The third kappa shape index (κ3) is 12.1. The molecular formula is C49H84N4O15S. The van der Waals surface area contributed by atoms with Crippen molar-refractivity contribution in [2.24, 2.45) is 17.8 Å². The Labute approximate surface area is 409 Å². The Morgan fingerprint density at radius 2 is 1.67 bits per heavy atom. The van der Waals surface area contributed by atoms with Gasteiger partial charge < -0.3 is 69.5 Å². The number of hydrogen-bond acceptors (Lipinski definition) is 17. The normalized spacial score (nSPS) is 42.6. The quantitative estimate of drug-likeness (QED) is 0.124. The molecule has 4 aliphatic rings. The van der Waals surface area contributed by atoms with Crippen LogP contribution in [0.15, 0.2) is 29.2 Å². The zero-order chi connectivity index (χ0) is 51.6. The van der Waals surface area contributed by atoms with E-state index >= 15 is 0 Å². The van der Waals surface area contributed by atoms with E-state index in [1.54, 1.807) is 73.6 Å². The monoisotopic (exact) mass is 1000 g/mol. The second-order valence-electron chi connectivity index (χ2n) is 21.1. The number of aliphatic hydroxyl groups excluding tert-OH is 2. The number of amides is 2. The van der Waals surface area contributed by atoms with Gasteiger partial charge in [-0.15, -0.1) is 0 Å². The van der Waals surface area contributed by atoms with Crippen molar-refractivity contribution in [1.82, 2.24) is 15.5 Å². The van der Waals surface area contributed by atoms with Crippen LogP contribution >= 0.6 is 0 Å². The van der Waals surface area contributed by atoms with Crippen molar-refractivity contribution in [2.75, 3.05) is 51.0 Å². The van der Waals surface area contributed by atoms with E-state index in [1.165, 1.54) is 36.9 Å². The van der Waals surface area contributed by atoms with Gasteiger partial charge in [-0.2, -0.15) is 0 Å². The lowest BCUT2D eigenvalue weighted by atomic mass is 9.75. The minimum absolute atomic E-state index is 0.0154. The molecule has 396 valence electrons. The molecule has 0 unspecified atom stereocenters. The molecule has 0 bridgehead atoms. The maximum absolute atomic E-state index is 14.6. The zero-order valence-corrected chi connectivity index (χ0v) is 43.9. The van der Waals surface area contributed by atoms with E-state index in [0.29, 0.717) is 6.54 Å². The molecule has 1 aromatic rings. The maximum atomic E-state index is 14.6. The molecule has 0 aromatic heterocycles. The Kier molecular flexibility index (Phi) is 18.8. The number of cyclic esters (lactones) is 1. The fraction of sp³-hybridized carbons (Fsp3) is 0.837. The highest BCUT2D eigenvalue weighted by molar-refractivity contribution is 7.91. The number of likely N-dealkylation sites (N-methyl/N-ethyl adjacent to an activating group) is 1. The topological polar surface area (TPSA) is 255 Å². The lowest BCUT2D eigenvalue weighted by Crippen LogP contribution is -2.70. The Bertz CT molecular complexity index is 2000. The number of ether oxygens (including phenoxy) is 6. The van der Waals surface area contributed by atoms with Crippen molar-refractivity contribution in [3.05, 3.63) is 24.3 Å². The number of benzene rings is 1. The molecule has 4 aliphatic heterocycles. The lowest BCUT2D eigenvalue weighted by Gasteiger charge is -2.53. The molecule has 2 amide bonds. The second-order valence-corrected chi connectivity index (χ2v) is 23.1. The fourth-order valence-electron chi connectivity index (χ4n) is 11.0. The first-order valence-electron chi connectivity index (χ1n) is 24.8. The van der Waals surface area contributed by atoms with Crippen LogP contribution in [0, 0.1) is 17.8 Å². The Hall–Kier alpha value is -2.57. The largest absolute Gasteiger partial charge is 0.459 e. The molecule has 0 spiro atoms. The highest BCUT2D eigenvalue weighted by atomic mass is 32.2. The summed E-state index contributed by atoms with van der Waals surface area (Å²) >= 11 is 0. The minimum Gasteiger partial charge on any atom is -0.459 e. The van der Waals surface area contributed by atoms with Crippen LogP contribution in [0.5, 0.6) is 0 Å². The van der Waals surface area contributed by atoms with Gasteiger partial charge in [0.25, 0.3) is 0 Å². The molecule has 0 saturated carbocycles. The number of carbonyl (C=O) groups is 2. The van der Waals surface area contributed by atoms with Crippen LogP contribution in [0.25, 0.3) is 0 Å². The maximum Gasteiger partial charge on any atom is 0.324 e. The summed E-state index contributed by atoms with van der Waals surface area (Å²) in [6, 6.07) is 4.19. The Morgan fingerprint density at radius 3 is 2.30 bits per heavy atom. The van der Waals surface area contributed by atoms with Crippen LogP contribution in [0.1, 0.15) is 108 Å². The standard InChI is InChI=1S/C49H84N4O15S/c1-14-20-50-27-49(60)33(8)65-38(25-47(49,10)63-13)67-40-30(5)42(46(9,58)24-28(3)26-51-32(7)41(55)48(11,59)37(15-2)66-43(56)31(40)6)68-44-39(54)35(23-29(4)64-44)52(12)45(57)53-21-22-69(61,62)36-19-17-16-18-34(36)53/h16-19,28-33,35,37-42,44,50-51,54-55,58-60H,14-15,20-27H2,1-13H3/t28-,29-,30+,31-,32-,33+,35+,37-,38+,39-,40+,41-,42-,44+,46-,47-,48-,49+/m1/s1. The summed E-state index contributed by atoms with van der Waals surface area (Å²) in [5.74, 6) is -3.42. The van der Waals surface area contributed by atoms with Crippen molar-refractivity contribution in [1.29, 1.82) is 0 Å². The number of aliphatic hydroxyl groups is 5. The van der Waals surface area contributed by atoms with Crippen molar-refractivity contribution < 1.29 is 72.0 Å². The summed E-state index contributed by atoms with van der Waals surface area (Å²) < 4.78 is 64.6. The SMILES string of the molecule is CCCNC[C@]1(O)[C@H](C)O[C@@H](O[C@H]2[C@H](C)[C@@H](O[C@@H]3O[C@H](C)C[C@H](N(C)C(=O)N4CCS(=O)(=O)c5ccccc54)[C@H]3O)[C@](C)(O)C[C@@H](C)CN[C@H](C)[C@@H](O)[C@](C)(O)[C@@H](CC)OC(=O)[C@@H]2C)C[C@@]1(C)OC. The molecule has 3 fully saturated rings. The van der Waals surface area contributed by atoms with Gasteiger partial charge in [0.15, 0.2) is 22.4 Å². The predicted octanol–water partition coefficient (Wildman–Crippen LogP) is 2.71. The van der Waals surface area contributed by atoms with Crippen LogP contribution in [0.2, 0.25) is 0 Å². The van der Waals surface area contributed by atoms with E-state index in [1.807, 2.05) is 13.8 Å². The summed E-state index contributed by atoms with van der Waals surface area (Å²) in [5, 5.41) is 67.1. The van der Waals surface area contributed by atoms with Gasteiger partial charge in [0.2, 0.25) is 0 Å². The van der Waals surface area contributed by atoms with Gasteiger partial charge in [-0.05, 0) is 105 Å². The number of nitrogens with zero attached hydrogens (tertiary/aromatic N) is 2. The fourth-order valence-corrected chi connectivity index (χ4v) is 12.4. The Balaban J connectivity index is 1.55. The lowest BCUT2D eigenvalue weighted by molar-refractivity contribution is -0.336. The summed E-state index contributed by atoms with van der Waals surface area (Å²) in [6.45, 7) is 20.0. The summed E-state index contributed by atoms with van der Waals surface area (Å²) in [4.78, 5) is 31.7. The number of sulfone groups is 1. The van der Waals surface area contributed by atoms with Crippen molar-refractivity contribution in [2.45, 2.75) is 203 Å². The van der Waals surface area contributed by atoms with E-state index in [9.17, 15) is 43.5 Å². The van der Waals surface area contributed by atoms with Crippen molar-refractivity contribution in [3.63, 3.8) is 0 Å². The number of carbonyl (C=O) groups excluding carboxylic acids is 2. The van der Waals surface area contributed by atoms with E-state index < -0.39 is 123 Å². The first-order valence-corrected chi connectivity index (χ1v) is 26.5. The molecule has 5 rings (SSSR count). The van der Waals surface area contributed by atoms with Gasteiger partial charge in [-0.25, -0.2) is 13.2 Å². The van der Waals surface area contributed by atoms with Crippen LogP contribution in [0.3, 0.4) is 0 Å². The number of urea groups is 1. The average molecular weight is 1000 g/mol. The van der Waals surface area contributed by atoms with Gasteiger partial charge in [0.1, 0.15) is 35.1 Å². The molecule has 18 atom stereocenters. The van der Waals surface area contributed by atoms with Gasteiger partial charge >= 0.3 is 12.0 Å². The third-order valence-corrected chi connectivity index (χ3v) is 17.2. The molecule has 19 nitrogen and oxygen atoms in total. The van der Waals surface area contributed by atoms with Gasteiger partial charge in [0, 0.05) is 45.6 Å². The van der Waals surface area contributed by atoms with Crippen molar-refractivity contribution >= 4 is 27.5 Å². The molecule has 20 heteroatoms. The van der Waals surface area contributed by atoms with Gasteiger partial charge in [-0.1, -0.05) is 39.8 Å². The molecule has 4 heterocycles. The second kappa shape index (κ2) is 22.7. The van der Waals surface area contributed by atoms with Crippen LogP contribution < -0.4 is 15.5 Å². The number of methoxy groups -OCH3 is 1.